The van der Waals surface area contributed by atoms with Crippen molar-refractivity contribution in [2.45, 2.75) is 38.8 Å². The fourth-order valence-corrected chi connectivity index (χ4v) is 4.22. The van der Waals surface area contributed by atoms with E-state index in [2.05, 4.69) is 31.2 Å². The normalized spacial score (nSPS) is 18.8. The predicted molar refractivity (Wildman–Crippen MR) is 118 cm³/mol. The Morgan fingerprint density at radius 1 is 1.03 bits per heavy atom. The Kier molecular flexibility index (Phi) is 7.63. The molecule has 0 bridgehead atoms. The molecule has 160 valence electrons. The summed E-state index contributed by atoms with van der Waals surface area (Å²) in [6.07, 6.45) is 2.53. The molecule has 0 radical (unpaired) electrons. The van der Waals surface area contributed by atoms with E-state index in [0.717, 1.165) is 30.4 Å². The van der Waals surface area contributed by atoms with Crippen LogP contribution in [0.2, 0.25) is 0 Å². The second-order valence-corrected chi connectivity index (χ2v) is 8.04. The van der Waals surface area contributed by atoms with E-state index in [1.165, 1.54) is 12.7 Å². The number of likely N-dealkylation sites (tertiary alicyclic amines) is 1. The molecule has 0 aromatic heterocycles. The molecule has 5 heteroatoms. The van der Waals surface area contributed by atoms with E-state index < -0.39 is 0 Å². The molecule has 2 amide bonds. The monoisotopic (exact) mass is 408 g/mol. The van der Waals surface area contributed by atoms with Gasteiger partial charge in [-0.25, -0.2) is 0 Å². The molecule has 1 aliphatic heterocycles. The molecular formula is C25H32N2O3. The highest BCUT2D eigenvalue weighted by molar-refractivity contribution is 5.82. The first kappa shape index (κ1) is 22.0. The van der Waals surface area contributed by atoms with E-state index in [4.69, 9.17) is 4.74 Å². The maximum absolute atomic E-state index is 13.1. The molecule has 3 rings (SSSR count). The fraction of sp³-hybridized carbons (Fsp3) is 0.440. The Balaban J connectivity index is 1.73. The van der Waals surface area contributed by atoms with Crippen molar-refractivity contribution in [2.24, 2.45) is 5.92 Å². The topological polar surface area (TPSA) is 49.9 Å². The average Bonchev–Trinajstić information content (AvgIpc) is 2.79. The fourth-order valence-electron chi connectivity index (χ4n) is 4.22. The van der Waals surface area contributed by atoms with Gasteiger partial charge < -0.3 is 14.5 Å². The Morgan fingerprint density at radius 3 is 2.37 bits per heavy atom. The first-order valence-corrected chi connectivity index (χ1v) is 10.7. The zero-order valence-electron chi connectivity index (χ0n) is 18.2. The Labute approximate surface area is 179 Å². The van der Waals surface area contributed by atoms with E-state index in [9.17, 15) is 9.59 Å². The van der Waals surface area contributed by atoms with E-state index >= 15 is 0 Å². The zero-order valence-corrected chi connectivity index (χ0v) is 18.2. The third kappa shape index (κ3) is 5.28. The summed E-state index contributed by atoms with van der Waals surface area (Å²) in [6.45, 7) is 3.17. The minimum atomic E-state index is -0.189. The molecule has 0 aliphatic carbocycles. The van der Waals surface area contributed by atoms with Gasteiger partial charge in [0.2, 0.25) is 11.8 Å². The van der Waals surface area contributed by atoms with Gasteiger partial charge in [-0.1, -0.05) is 61.5 Å². The number of methoxy groups -OCH3 is 1. The first-order valence-electron chi connectivity index (χ1n) is 10.7. The lowest BCUT2D eigenvalue weighted by Crippen LogP contribution is -2.48. The number of carbonyl (C=O) groups excluding carboxylic acids is 2. The van der Waals surface area contributed by atoms with Gasteiger partial charge >= 0.3 is 0 Å². The third-order valence-electron chi connectivity index (χ3n) is 5.93. The SMILES string of the molecule is CCc1ccc(C2CCC(C(=O)N(C)Cc3ccccc3)CN2C(=O)COC)cc1. The number of rotatable bonds is 7. The van der Waals surface area contributed by atoms with Gasteiger partial charge in [-0.2, -0.15) is 0 Å². The lowest BCUT2D eigenvalue weighted by molar-refractivity contribution is -0.145. The number of carbonyl (C=O) groups is 2. The number of piperidine rings is 1. The maximum Gasteiger partial charge on any atom is 0.249 e. The van der Waals surface area contributed by atoms with Crippen LogP contribution < -0.4 is 0 Å². The smallest absolute Gasteiger partial charge is 0.249 e. The number of hydrogen-bond acceptors (Lipinski definition) is 3. The van der Waals surface area contributed by atoms with E-state index in [1.54, 1.807) is 4.90 Å². The van der Waals surface area contributed by atoms with Crippen molar-refractivity contribution >= 4 is 11.8 Å². The molecule has 0 spiro atoms. The van der Waals surface area contributed by atoms with Crippen LogP contribution in [0.4, 0.5) is 0 Å². The quantitative estimate of drug-likeness (QED) is 0.700. The molecule has 0 saturated carbocycles. The van der Waals surface area contributed by atoms with Crippen molar-refractivity contribution < 1.29 is 14.3 Å². The number of benzene rings is 2. The van der Waals surface area contributed by atoms with Crippen LogP contribution in [0, 0.1) is 5.92 Å². The summed E-state index contributed by atoms with van der Waals surface area (Å²) in [4.78, 5) is 29.5. The van der Waals surface area contributed by atoms with Crippen molar-refractivity contribution in [1.82, 2.24) is 9.80 Å². The van der Waals surface area contributed by atoms with Crippen LogP contribution in [-0.2, 0) is 27.3 Å². The van der Waals surface area contributed by atoms with Crippen LogP contribution in [0.5, 0.6) is 0 Å². The van der Waals surface area contributed by atoms with Crippen LogP contribution in [0.25, 0.3) is 0 Å². The largest absolute Gasteiger partial charge is 0.375 e. The molecule has 2 aromatic rings. The average molecular weight is 409 g/mol. The lowest BCUT2D eigenvalue weighted by atomic mass is 9.87. The molecular weight excluding hydrogens is 376 g/mol. The van der Waals surface area contributed by atoms with Gasteiger partial charge in [0.15, 0.2) is 0 Å². The van der Waals surface area contributed by atoms with Crippen LogP contribution in [-0.4, -0.2) is 48.9 Å². The van der Waals surface area contributed by atoms with Gasteiger partial charge in [0, 0.05) is 27.2 Å². The summed E-state index contributed by atoms with van der Waals surface area (Å²) in [6, 6.07) is 18.4. The highest BCUT2D eigenvalue weighted by atomic mass is 16.5. The molecule has 30 heavy (non-hydrogen) atoms. The number of nitrogens with zero attached hydrogens (tertiary/aromatic N) is 2. The summed E-state index contributed by atoms with van der Waals surface area (Å²) in [5, 5.41) is 0. The van der Waals surface area contributed by atoms with E-state index in [0.29, 0.717) is 13.1 Å². The Morgan fingerprint density at radius 2 is 1.73 bits per heavy atom. The Hall–Kier alpha value is -2.66. The lowest BCUT2D eigenvalue weighted by Gasteiger charge is -2.40. The van der Waals surface area contributed by atoms with Gasteiger partial charge in [0.25, 0.3) is 0 Å². The number of aryl methyl sites for hydroxylation is 1. The van der Waals surface area contributed by atoms with Crippen molar-refractivity contribution in [3.8, 4) is 0 Å². The van der Waals surface area contributed by atoms with Crippen molar-refractivity contribution in [1.29, 1.82) is 0 Å². The number of hydrogen-bond donors (Lipinski definition) is 0. The number of ether oxygens (including phenoxy) is 1. The highest BCUT2D eigenvalue weighted by Crippen LogP contribution is 2.34. The molecule has 1 saturated heterocycles. The van der Waals surface area contributed by atoms with E-state index in [1.807, 2.05) is 42.3 Å². The number of amides is 2. The summed E-state index contributed by atoms with van der Waals surface area (Å²) in [7, 11) is 3.37. The maximum atomic E-state index is 13.1. The van der Waals surface area contributed by atoms with Gasteiger partial charge in [-0.05, 0) is 36.0 Å². The molecule has 2 unspecified atom stereocenters. The molecule has 1 heterocycles. The van der Waals surface area contributed by atoms with E-state index in [-0.39, 0.29) is 30.4 Å². The van der Waals surface area contributed by atoms with Crippen LogP contribution in [0.15, 0.2) is 54.6 Å². The minimum Gasteiger partial charge on any atom is -0.375 e. The molecule has 1 aliphatic rings. The third-order valence-corrected chi connectivity index (χ3v) is 5.93. The van der Waals surface area contributed by atoms with Gasteiger partial charge in [0.05, 0.1) is 12.0 Å². The van der Waals surface area contributed by atoms with Crippen molar-refractivity contribution in [3.05, 3.63) is 71.3 Å². The first-order chi connectivity index (χ1) is 14.5. The van der Waals surface area contributed by atoms with Crippen molar-refractivity contribution in [2.75, 3.05) is 27.3 Å². The standard InChI is InChI=1S/C25H32N2O3/c1-4-19-10-12-21(13-11-19)23-15-14-22(17-27(23)24(28)18-30-3)25(29)26(2)16-20-8-6-5-7-9-20/h5-13,22-23H,4,14-18H2,1-3H3. The molecule has 0 N–H and O–H groups in total. The predicted octanol–water partition coefficient (Wildman–Crippen LogP) is 3.83. The second kappa shape index (κ2) is 10.4. The van der Waals surface area contributed by atoms with Gasteiger partial charge in [-0.3, -0.25) is 9.59 Å². The summed E-state index contributed by atoms with van der Waals surface area (Å²) >= 11 is 0. The van der Waals surface area contributed by atoms with Gasteiger partial charge in [-0.15, -0.1) is 0 Å². The van der Waals surface area contributed by atoms with Crippen LogP contribution in [0.3, 0.4) is 0 Å². The molecule has 1 fully saturated rings. The van der Waals surface area contributed by atoms with Crippen LogP contribution >= 0.6 is 0 Å². The molecule has 5 nitrogen and oxygen atoms in total. The Bertz CT molecular complexity index is 835. The summed E-state index contributed by atoms with van der Waals surface area (Å²) < 4.78 is 5.11. The highest BCUT2D eigenvalue weighted by Gasteiger charge is 2.36. The second-order valence-electron chi connectivity index (χ2n) is 8.04. The molecule has 2 aromatic carbocycles. The minimum absolute atomic E-state index is 0.0120. The van der Waals surface area contributed by atoms with Crippen molar-refractivity contribution in [3.63, 3.8) is 0 Å². The summed E-state index contributed by atoms with van der Waals surface area (Å²) in [5.74, 6) is -0.162. The van der Waals surface area contributed by atoms with Crippen LogP contribution in [0.1, 0.15) is 42.5 Å². The van der Waals surface area contributed by atoms with Gasteiger partial charge in [0.1, 0.15) is 6.61 Å². The zero-order chi connectivity index (χ0) is 21.5. The molecule has 2 atom stereocenters. The summed E-state index contributed by atoms with van der Waals surface area (Å²) in [5.41, 5.74) is 3.51.